The molecule has 1 fully saturated rings. The first kappa shape index (κ1) is 20.0. The Balaban J connectivity index is 0.00000361. The van der Waals surface area contributed by atoms with Crippen molar-refractivity contribution in [3.05, 3.63) is 0 Å². The van der Waals surface area contributed by atoms with Crippen molar-refractivity contribution >= 4 is 29.9 Å². The number of hydrogen-bond donors (Lipinski definition) is 2. The van der Waals surface area contributed by atoms with Crippen LogP contribution in [0.4, 0.5) is 0 Å². The summed E-state index contributed by atoms with van der Waals surface area (Å²) in [5.74, 6) is 1.82. The highest BCUT2D eigenvalue weighted by atomic mass is 127. The second kappa shape index (κ2) is 9.82. The van der Waals surface area contributed by atoms with E-state index in [1.54, 1.807) is 0 Å². The van der Waals surface area contributed by atoms with Crippen LogP contribution in [0.5, 0.6) is 0 Å². The summed E-state index contributed by atoms with van der Waals surface area (Å²) in [5, 5.41) is 6.76. The van der Waals surface area contributed by atoms with Gasteiger partial charge < -0.3 is 15.5 Å². The summed E-state index contributed by atoms with van der Waals surface area (Å²) in [4.78, 5) is 6.83. The van der Waals surface area contributed by atoms with E-state index in [1.165, 1.54) is 38.9 Å². The first-order valence-electron chi connectivity index (χ1n) is 7.62. The van der Waals surface area contributed by atoms with E-state index in [0.29, 0.717) is 0 Å². The smallest absolute Gasteiger partial charge is 0.191 e. The van der Waals surface area contributed by atoms with Crippen molar-refractivity contribution in [2.45, 2.75) is 52.5 Å². The van der Waals surface area contributed by atoms with Crippen LogP contribution >= 0.6 is 24.0 Å². The van der Waals surface area contributed by atoms with Gasteiger partial charge in [-0.3, -0.25) is 4.99 Å². The molecule has 120 valence electrons. The lowest BCUT2D eigenvalue weighted by molar-refractivity contribution is 0.191. The fraction of sp³-hybridized carbons (Fsp3) is 0.933. The van der Waals surface area contributed by atoms with Crippen molar-refractivity contribution in [3.63, 3.8) is 0 Å². The van der Waals surface area contributed by atoms with Crippen molar-refractivity contribution in [3.8, 4) is 0 Å². The van der Waals surface area contributed by atoms with Gasteiger partial charge in [-0.1, -0.05) is 6.92 Å². The summed E-state index contributed by atoms with van der Waals surface area (Å²) in [6.07, 6.45) is 3.90. The van der Waals surface area contributed by atoms with Gasteiger partial charge in [0.2, 0.25) is 0 Å². The van der Waals surface area contributed by atoms with Crippen LogP contribution in [0, 0.1) is 5.92 Å². The average Bonchev–Trinajstić information content (AvgIpc) is 2.34. The molecule has 0 atom stereocenters. The molecule has 0 aromatic rings. The number of guanidine groups is 1. The van der Waals surface area contributed by atoms with Crippen molar-refractivity contribution in [2.24, 2.45) is 10.9 Å². The zero-order chi connectivity index (χ0) is 14.3. The third-order valence-electron chi connectivity index (χ3n) is 3.54. The minimum Gasteiger partial charge on any atom is -0.356 e. The Hall–Kier alpha value is -0.0400. The molecule has 1 saturated heterocycles. The first-order chi connectivity index (χ1) is 8.90. The van der Waals surface area contributed by atoms with E-state index in [0.717, 1.165) is 18.4 Å². The van der Waals surface area contributed by atoms with E-state index in [2.05, 4.69) is 48.2 Å². The lowest BCUT2D eigenvalue weighted by Crippen LogP contribution is -2.48. The highest BCUT2D eigenvalue weighted by Crippen LogP contribution is 2.15. The van der Waals surface area contributed by atoms with Gasteiger partial charge in [-0.25, -0.2) is 0 Å². The Morgan fingerprint density at radius 2 is 1.85 bits per heavy atom. The molecule has 0 amide bonds. The Morgan fingerprint density at radius 3 is 2.35 bits per heavy atom. The van der Waals surface area contributed by atoms with Gasteiger partial charge in [-0.2, -0.15) is 0 Å². The standard InChI is InChI=1S/C15H32N4.HI/c1-13-7-11-19(12-8-13)10-6-9-17-14(16-5)18-15(2,3)4;/h13H,6-12H2,1-5H3,(H2,16,17,18);1H. The van der Waals surface area contributed by atoms with Crippen molar-refractivity contribution < 1.29 is 0 Å². The predicted molar refractivity (Wildman–Crippen MR) is 99.1 cm³/mol. The van der Waals surface area contributed by atoms with E-state index in [-0.39, 0.29) is 29.5 Å². The molecule has 0 unspecified atom stereocenters. The molecular formula is C15H33IN4. The Bertz CT molecular complexity index is 278. The number of piperidine rings is 1. The average molecular weight is 396 g/mol. The number of rotatable bonds is 4. The Kier molecular flexibility index (Phi) is 9.80. The largest absolute Gasteiger partial charge is 0.356 e. The number of nitrogens with zero attached hydrogens (tertiary/aromatic N) is 2. The van der Waals surface area contributed by atoms with Crippen LogP contribution in [0.2, 0.25) is 0 Å². The first-order valence-corrected chi connectivity index (χ1v) is 7.62. The third-order valence-corrected chi connectivity index (χ3v) is 3.54. The number of nitrogens with one attached hydrogen (secondary N) is 2. The second-order valence-corrected chi connectivity index (χ2v) is 6.75. The maximum absolute atomic E-state index is 4.25. The van der Waals surface area contributed by atoms with Gasteiger partial charge in [0.15, 0.2) is 5.96 Å². The van der Waals surface area contributed by atoms with Crippen molar-refractivity contribution in [1.29, 1.82) is 0 Å². The van der Waals surface area contributed by atoms with Crippen LogP contribution in [-0.4, -0.2) is 49.6 Å². The maximum atomic E-state index is 4.25. The van der Waals surface area contributed by atoms with Crippen LogP contribution < -0.4 is 10.6 Å². The van der Waals surface area contributed by atoms with Crippen molar-refractivity contribution in [1.82, 2.24) is 15.5 Å². The predicted octanol–water partition coefficient (Wildman–Crippen LogP) is 2.69. The van der Waals surface area contributed by atoms with E-state index in [1.807, 2.05) is 7.05 Å². The lowest BCUT2D eigenvalue weighted by Gasteiger charge is -2.30. The molecule has 1 aliphatic heterocycles. The molecule has 0 aliphatic carbocycles. The summed E-state index contributed by atoms with van der Waals surface area (Å²) in [6.45, 7) is 13.5. The summed E-state index contributed by atoms with van der Waals surface area (Å²) in [6, 6.07) is 0. The highest BCUT2D eigenvalue weighted by molar-refractivity contribution is 14.0. The summed E-state index contributed by atoms with van der Waals surface area (Å²) < 4.78 is 0. The summed E-state index contributed by atoms with van der Waals surface area (Å²) in [5.41, 5.74) is 0.0604. The summed E-state index contributed by atoms with van der Waals surface area (Å²) in [7, 11) is 1.83. The molecule has 0 spiro atoms. The second-order valence-electron chi connectivity index (χ2n) is 6.75. The monoisotopic (exact) mass is 396 g/mol. The van der Waals surface area contributed by atoms with E-state index in [4.69, 9.17) is 0 Å². The van der Waals surface area contributed by atoms with Crippen LogP contribution in [0.25, 0.3) is 0 Å². The molecule has 2 N–H and O–H groups in total. The SMILES string of the molecule is CN=C(NCCCN1CCC(C)CC1)NC(C)(C)C.I. The fourth-order valence-corrected chi connectivity index (χ4v) is 2.33. The molecule has 1 heterocycles. The van der Waals surface area contributed by atoms with Gasteiger partial charge in [0, 0.05) is 19.1 Å². The Labute approximate surface area is 142 Å². The third kappa shape index (κ3) is 9.00. The minimum atomic E-state index is 0. The fourth-order valence-electron chi connectivity index (χ4n) is 2.33. The van der Waals surface area contributed by atoms with Gasteiger partial charge >= 0.3 is 0 Å². The number of aliphatic imine (C=N–C) groups is 1. The normalized spacial score (nSPS) is 18.6. The van der Waals surface area contributed by atoms with Crippen molar-refractivity contribution in [2.75, 3.05) is 33.2 Å². The minimum absolute atomic E-state index is 0. The molecule has 20 heavy (non-hydrogen) atoms. The Morgan fingerprint density at radius 1 is 1.25 bits per heavy atom. The zero-order valence-electron chi connectivity index (χ0n) is 13.8. The van der Waals surface area contributed by atoms with Gasteiger partial charge in [-0.15, -0.1) is 24.0 Å². The van der Waals surface area contributed by atoms with Gasteiger partial charge in [0.1, 0.15) is 0 Å². The van der Waals surface area contributed by atoms with E-state index < -0.39 is 0 Å². The van der Waals surface area contributed by atoms with Crippen LogP contribution in [0.3, 0.4) is 0 Å². The number of hydrogen-bond acceptors (Lipinski definition) is 2. The summed E-state index contributed by atoms with van der Waals surface area (Å²) >= 11 is 0. The zero-order valence-corrected chi connectivity index (χ0v) is 16.2. The highest BCUT2D eigenvalue weighted by Gasteiger charge is 2.15. The molecular weight excluding hydrogens is 363 g/mol. The maximum Gasteiger partial charge on any atom is 0.191 e. The lowest BCUT2D eigenvalue weighted by atomic mass is 9.99. The molecule has 4 nitrogen and oxygen atoms in total. The molecule has 0 saturated carbocycles. The molecule has 0 aromatic carbocycles. The van der Waals surface area contributed by atoms with Gasteiger partial charge in [0.05, 0.1) is 0 Å². The number of halogens is 1. The van der Waals surface area contributed by atoms with Crippen LogP contribution in [-0.2, 0) is 0 Å². The van der Waals surface area contributed by atoms with Gasteiger partial charge in [-0.05, 0) is 65.6 Å². The molecule has 0 bridgehead atoms. The van der Waals surface area contributed by atoms with Gasteiger partial charge in [0.25, 0.3) is 0 Å². The molecule has 0 aromatic heterocycles. The topological polar surface area (TPSA) is 39.7 Å². The number of likely N-dealkylation sites (tertiary alicyclic amines) is 1. The molecule has 0 radical (unpaired) electrons. The quantitative estimate of drug-likeness (QED) is 0.332. The molecule has 1 aliphatic rings. The van der Waals surface area contributed by atoms with Crippen LogP contribution in [0.1, 0.15) is 47.0 Å². The van der Waals surface area contributed by atoms with Crippen LogP contribution in [0.15, 0.2) is 4.99 Å². The van der Waals surface area contributed by atoms with E-state index in [9.17, 15) is 0 Å². The van der Waals surface area contributed by atoms with E-state index >= 15 is 0 Å². The molecule has 1 rings (SSSR count). The molecule has 5 heteroatoms.